The highest BCUT2D eigenvalue weighted by Crippen LogP contribution is 2.34. The van der Waals surface area contributed by atoms with Crippen LogP contribution in [0.5, 0.6) is 0 Å². The highest BCUT2D eigenvalue weighted by molar-refractivity contribution is 7.17. The standard InChI is InChI=1S/C15H11Cl2N3O2S/c1-2-22-15(21)9-6-23-14-12(9)13(18-7-19-14)20-11-5-8(16)3-4-10(11)17/h3-7H,2H2,1H3,(H,18,19,20). The van der Waals surface area contributed by atoms with Crippen molar-refractivity contribution in [3.05, 3.63) is 45.5 Å². The summed E-state index contributed by atoms with van der Waals surface area (Å²) >= 11 is 13.5. The van der Waals surface area contributed by atoms with Crippen LogP contribution in [0.25, 0.3) is 10.2 Å². The molecular formula is C15H11Cl2N3O2S. The molecule has 2 aromatic heterocycles. The second-order valence-electron chi connectivity index (χ2n) is 4.52. The molecule has 2 heterocycles. The fourth-order valence-corrected chi connectivity index (χ4v) is 3.26. The Kier molecular flexibility index (Phi) is 4.66. The van der Waals surface area contributed by atoms with Crippen LogP contribution in [0.3, 0.4) is 0 Å². The van der Waals surface area contributed by atoms with Gasteiger partial charge in [-0.1, -0.05) is 23.2 Å². The molecule has 0 saturated carbocycles. The first-order valence-corrected chi connectivity index (χ1v) is 8.35. The van der Waals surface area contributed by atoms with Gasteiger partial charge in [-0.15, -0.1) is 11.3 Å². The van der Waals surface area contributed by atoms with Gasteiger partial charge >= 0.3 is 5.97 Å². The van der Waals surface area contributed by atoms with E-state index in [1.807, 2.05) is 0 Å². The number of rotatable bonds is 4. The molecule has 0 unspecified atom stereocenters. The van der Waals surface area contributed by atoms with Crippen LogP contribution in [-0.4, -0.2) is 22.5 Å². The van der Waals surface area contributed by atoms with E-state index in [2.05, 4.69) is 15.3 Å². The number of fused-ring (bicyclic) bond motifs is 1. The zero-order chi connectivity index (χ0) is 16.4. The number of aromatic nitrogens is 2. The summed E-state index contributed by atoms with van der Waals surface area (Å²) in [6.45, 7) is 2.06. The zero-order valence-electron chi connectivity index (χ0n) is 12.0. The second kappa shape index (κ2) is 6.70. The van der Waals surface area contributed by atoms with Gasteiger partial charge in [0.25, 0.3) is 0 Å². The summed E-state index contributed by atoms with van der Waals surface area (Å²) in [5, 5.41) is 6.46. The van der Waals surface area contributed by atoms with Gasteiger partial charge in [-0.05, 0) is 25.1 Å². The number of ether oxygens (including phenoxy) is 1. The van der Waals surface area contributed by atoms with Crippen LogP contribution in [0.1, 0.15) is 17.3 Å². The Balaban J connectivity index is 2.08. The Bertz CT molecular complexity index is 882. The van der Waals surface area contributed by atoms with Crippen molar-refractivity contribution in [1.82, 2.24) is 9.97 Å². The molecule has 3 aromatic rings. The van der Waals surface area contributed by atoms with E-state index in [0.717, 1.165) is 0 Å². The van der Waals surface area contributed by atoms with Gasteiger partial charge in [-0.25, -0.2) is 14.8 Å². The Morgan fingerprint density at radius 1 is 1.35 bits per heavy atom. The van der Waals surface area contributed by atoms with Crippen molar-refractivity contribution in [2.75, 3.05) is 11.9 Å². The zero-order valence-corrected chi connectivity index (χ0v) is 14.3. The Morgan fingerprint density at radius 2 is 2.17 bits per heavy atom. The highest BCUT2D eigenvalue weighted by atomic mass is 35.5. The molecule has 23 heavy (non-hydrogen) atoms. The van der Waals surface area contributed by atoms with Gasteiger partial charge in [0.05, 0.1) is 28.3 Å². The molecule has 0 fully saturated rings. The Morgan fingerprint density at radius 3 is 2.96 bits per heavy atom. The van der Waals surface area contributed by atoms with Crippen molar-refractivity contribution in [2.45, 2.75) is 6.92 Å². The number of carbonyl (C=O) groups excluding carboxylic acids is 1. The minimum Gasteiger partial charge on any atom is -0.462 e. The molecule has 3 rings (SSSR count). The lowest BCUT2D eigenvalue weighted by atomic mass is 10.2. The summed E-state index contributed by atoms with van der Waals surface area (Å²) < 4.78 is 5.08. The number of halogens is 2. The molecule has 1 aromatic carbocycles. The molecule has 0 spiro atoms. The fourth-order valence-electron chi connectivity index (χ4n) is 2.05. The topological polar surface area (TPSA) is 64.1 Å². The van der Waals surface area contributed by atoms with Crippen molar-refractivity contribution in [1.29, 1.82) is 0 Å². The minimum absolute atomic E-state index is 0.298. The summed E-state index contributed by atoms with van der Waals surface area (Å²) in [7, 11) is 0. The highest BCUT2D eigenvalue weighted by Gasteiger charge is 2.18. The van der Waals surface area contributed by atoms with E-state index in [9.17, 15) is 4.79 Å². The van der Waals surface area contributed by atoms with E-state index >= 15 is 0 Å². The lowest BCUT2D eigenvalue weighted by molar-refractivity contribution is 0.0529. The number of carbonyl (C=O) groups is 1. The van der Waals surface area contributed by atoms with Gasteiger partial charge in [0, 0.05) is 10.4 Å². The van der Waals surface area contributed by atoms with Gasteiger partial charge in [-0.3, -0.25) is 0 Å². The quantitative estimate of drug-likeness (QED) is 0.663. The Labute approximate surface area is 146 Å². The molecule has 0 atom stereocenters. The van der Waals surface area contributed by atoms with Gasteiger partial charge in [0.2, 0.25) is 0 Å². The Hall–Kier alpha value is -1.89. The average Bonchev–Trinajstić information content (AvgIpc) is 2.96. The molecule has 118 valence electrons. The molecule has 0 aliphatic carbocycles. The number of benzene rings is 1. The van der Waals surface area contributed by atoms with E-state index in [1.165, 1.54) is 17.7 Å². The molecular weight excluding hydrogens is 357 g/mol. The normalized spacial score (nSPS) is 10.7. The van der Waals surface area contributed by atoms with Gasteiger partial charge in [-0.2, -0.15) is 0 Å². The first kappa shape index (κ1) is 16.0. The third-order valence-corrected chi connectivity index (χ3v) is 4.50. The van der Waals surface area contributed by atoms with Gasteiger partial charge in [0.15, 0.2) is 0 Å². The lowest BCUT2D eigenvalue weighted by Gasteiger charge is -2.10. The third kappa shape index (κ3) is 3.24. The molecule has 1 N–H and O–H groups in total. The van der Waals surface area contributed by atoms with E-state index in [1.54, 1.807) is 30.5 Å². The number of thiophene rings is 1. The summed E-state index contributed by atoms with van der Waals surface area (Å²) in [5.74, 6) is 0.0669. The van der Waals surface area contributed by atoms with Crippen LogP contribution in [0.15, 0.2) is 29.9 Å². The van der Waals surface area contributed by atoms with Crippen LogP contribution >= 0.6 is 34.5 Å². The third-order valence-electron chi connectivity index (χ3n) is 3.05. The van der Waals surface area contributed by atoms with E-state index in [0.29, 0.717) is 43.9 Å². The van der Waals surface area contributed by atoms with Gasteiger partial charge in [0.1, 0.15) is 17.0 Å². The SMILES string of the molecule is CCOC(=O)c1csc2ncnc(Nc3cc(Cl)ccc3Cl)c12. The number of nitrogens with zero attached hydrogens (tertiary/aromatic N) is 2. The molecule has 0 radical (unpaired) electrons. The molecule has 5 nitrogen and oxygen atoms in total. The number of hydrogen-bond acceptors (Lipinski definition) is 6. The monoisotopic (exact) mass is 367 g/mol. The summed E-state index contributed by atoms with van der Waals surface area (Å²) in [6.07, 6.45) is 1.43. The summed E-state index contributed by atoms with van der Waals surface area (Å²) in [5.41, 5.74) is 1.02. The van der Waals surface area contributed by atoms with Crippen molar-refractivity contribution in [2.24, 2.45) is 0 Å². The van der Waals surface area contributed by atoms with Crippen LogP contribution in [0.2, 0.25) is 10.0 Å². The number of nitrogens with one attached hydrogen (secondary N) is 1. The maximum absolute atomic E-state index is 12.1. The maximum Gasteiger partial charge on any atom is 0.339 e. The van der Waals surface area contributed by atoms with Crippen LogP contribution in [0.4, 0.5) is 11.5 Å². The van der Waals surface area contributed by atoms with E-state index < -0.39 is 5.97 Å². The van der Waals surface area contributed by atoms with Crippen molar-refractivity contribution in [3.63, 3.8) is 0 Å². The lowest BCUT2D eigenvalue weighted by Crippen LogP contribution is -2.05. The largest absolute Gasteiger partial charge is 0.462 e. The first-order chi connectivity index (χ1) is 11.1. The van der Waals surface area contributed by atoms with Crippen LogP contribution in [0, 0.1) is 0 Å². The number of hydrogen-bond donors (Lipinski definition) is 1. The first-order valence-electron chi connectivity index (χ1n) is 6.71. The summed E-state index contributed by atoms with van der Waals surface area (Å²) in [6, 6.07) is 5.07. The smallest absolute Gasteiger partial charge is 0.339 e. The van der Waals surface area contributed by atoms with Crippen LogP contribution < -0.4 is 5.32 Å². The fraction of sp³-hybridized carbons (Fsp3) is 0.133. The predicted molar refractivity (Wildman–Crippen MR) is 93.1 cm³/mol. The molecule has 0 bridgehead atoms. The van der Waals surface area contributed by atoms with Crippen molar-refractivity contribution < 1.29 is 9.53 Å². The average molecular weight is 368 g/mol. The number of esters is 1. The molecule has 0 amide bonds. The van der Waals surface area contributed by atoms with Crippen molar-refractivity contribution >= 4 is 62.2 Å². The van der Waals surface area contributed by atoms with Gasteiger partial charge < -0.3 is 10.1 Å². The molecule has 0 saturated heterocycles. The second-order valence-corrected chi connectivity index (χ2v) is 6.22. The number of anilines is 2. The summed E-state index contributed by atoms with van der Waals surface area (Å²) in [4.78, 5) is 21.2. The maximum atomic E-state index is 12.1. The van der Waals surface area contributed by atoms with E-state index in [-0.39, 0.29) is 0 Å². The minimum atomic E-state index is -0.409. The van der Waals surface area contributed by atoms with Crippen LogP contribution in [-0.2, 0) is 4.74 Å². The molecule has 0 aliphatic rings. The molecule has 0 aliphatic heterocycles. The van der Waals surface area contributed by atoms with Crippen molar-refractivity contribution in [3.8, 4) is 0 Å². The van der Waals surface area contributed by atoms with E-state index in [4.69, 9.17) is 27.9 Å². The predicted octanol–water partition coefficient (Wildman–Crippen LogP) is 4.92. The molecule has 8 heteroatoms.